The Balaban J connectivity index is 2.11. The molecule has 4 N–H and O–H groups in total. The van der Waals surface area contributed by atoms with Crippen molar-refractivity contribution >= 4 is 5.91 Å². The second kappa shape index (κ2) is 6.59. The quantitative estimate of drug-likeness (QED) is 0.619. The Labute approximate surface area is 121 Å². The molecule has 0 aliphatic heterocycles. The largest absolute Gasteiger partial charge is 0.384 e. The summed E-state index contributed by atoms with van der Waals surface area (Å²) in [4.78, 5) is 27.7. The van der Waals surface area contributed by atoms with Crippen LogP contribution in [0.2, 0.25) is 0 Å². The molecule has 0 bridgehead atoms. The lowest BCUT2D eigenvalue weighted by molar-refractivity contribution is 0.0935. The van der Waals surface area contributed by atoms with Gasteiger partial charge in [0.1, 0.15) is 12.3 Å². The monoisotopic (exact) mass is 285 g/mol. The van der Waals surface area contributed by atoms with Crippen LogP contribution in [0.5, 0.6) is 0 Å². The zero-order valence-corrected chi connectivity index (χ0v) is 11.4. The van der Waals surface area contributed by atoms with Crippen LogP contribution in [0.3, 0.4) is 0 Å². The standard InChI is InChI=1S/C15H15N3O3/c1-10(17-14(20)13-9-16-15(21)18-13)12-6-2-4-11(8-12)5-3-7-19/h2,4,6,8-10,19H,7H2,1H3,(H,17,20)(H2,16,18,21). The van der Waals surface area contributed by atoms with Crippen molar-refractivity contribution in [1.82, 2.24) is 15.3 Å². The first-order valence-electron chi connectivity index (χ1n) is 6.38. The number of benzene rings is 1. The molecular formula is C15H15N3O3. The Morgan fingerprint density at radius 3 is 2.95 bits per heavy atom. The third-order valence-electron chi connectivity index (χ3n) is 2.89. The zero-order chi connectivity index (χ0) is 15.2. The molecule has 0 radical (unpaired) electrons. The van der Waals surface area contributed by atoms with E-state index < -0.39 is 5.69 Å². The molecule has 0 saturated heterocycles. The van der Waals surface area contributed by atoms with E-state index in [2.05, 4.69) is 27.1 Å². The number of amides is 1. The zero-order valence-electron chi connectivity index (χ0n) is 11.4. The van der Waals surface area contributed by atoms with Crippen molar-refractivity contribution in [3.8, 4) is 11.8 Å². The minimum atomic E-state index is -0.422. The number of rotatable bonds is 3. The van der Waals surface area contributed by atoms with Gasteiger partial charge in [0.15, 0.2) is 0 Å². The van der Waals surface area contributed by atoms with Gasteiger partial charge in [-0.1, -0.05) is 24.0 Å². The molecule has 1 aromatic heterocycles. The summed E-state index contributed by atoms with van der Waals surface area (Å²) < 4.78 is 0. The Morgan fingerprint density at radius 1 is 1.48 bits per heavy atom. The van der Waals surface area contributed by atoms with Crippen LogP contribution in [0.15, 0.2) is 35.3 Å². The van der Waals surface area contributed by atoms with E-state index in [0.717, 1.165) is 11.1 Å². The second-order valence-corrected chi connectivity index (χ2v) is 4.44. The van der Waals surface area contributed by atoms with Gasteiger partial charge < -0.3 is 20.4 Å². The fourth-order valence-electron chi connectivity index (χ4n) is 1.84. The predicted molar refractivity (Wildman–Crippen MR) is 77.7 cm³/mol. The van der Waals surface area contributed by atoms with Gasteiger partial charge in [-0.05, 0) is 24.6 Å². The molecule has 0 saturated carbocycles. The van der Waals surface area contributed by atoms with Crippen LogP contribution in [0.4, 0.5) is 0 Å². The van der Waals surface area contributed by atoms with Gasteiger partial charge in [-0.15, -0.1) is 0 Å². The van der Waals surface area contributed by atoms with E-state index in [1.54, 1.807) is 0 Å². The minimum Gasteiger partial charge on any atom is -0.384 e. The SMILES string of the molecule is CC(NC(=O)c1c[nH]c(=O)[nH]1)c1cccc(C#CCO)c1. The second-order valence-electron chi connectivity index (χ2n) is 4.44. The normalized spacial score (nSPS) is 11.3. The van der Waals surface area contributed by atoms with E-state index in [1.165, 1.54) is 6.20 Å². The number of aromatic nitrogens is 2. The summed E-state index contributed by atoms with van der Waals surface area (Å²) in [6.45, 7) is 1.64. The molecule has 1 aromatic carbocycles. The van der Waals surface area contributed by atoms with E-state index in [9.17, 15) is 9.59 Å². The van der Waals surface area contributed by atoms with Gasteiger partial charge in [0.2, 0.25) is 0 Å². The fraction of sp³-hybridized carbons (Fsp3) is 0.200. The van der Waals surface area contributed by atoms with Crippen LogP contribution < -0.4 is 11.0 Å². The lowest BCUT2D eigenvalue weighted by atomic mass is 10.1. The highest BCUT2D eigenvalue weighted by Gasteiger charge is 2.13. The van der Waals surface area contributed by atoms with Crippen LogP contribution in [0, 0.1) is 11.8 Å². The first-order chi connectivity index (χ1) is 10.1. The number of aliphatic hydroxyl groups excluding tert-OH is 1. The predicted octanol–water partition coefficient (Wildman–Crippen LogP) is 0.538. The van der Waals surface area contributed by atoms with Gasteiger partial charge in [-0.2, -0.15) is 0 Å². The maximum atomic E-state index is 11.9. The third kappa shape index (κ3) is 3.84. The fourth-order valence-corrected chi connectivity index (χ4v) is 1.84. The number of H-pyrrole nitrogens is 2. The average molecular weight is 285 g/mol. The number of nitrogens with one attached hydrogen (secondary N) is 3. The van der Waals surface area contributed by atoms with Crippen molar-refractivity contribution < 1.29 is 9.90 Å². The molecule has 2 rings (SSSR count). The molecular weight excluding hydrogens is 270 g/mol. The number of carbonyl (C=O) groups is 1. The van der Waals surface area contributed by atoms with Crippen molar-refractivity contribution in [2.24, 2.45) is 0 Å². The highest BCUT2D eigenvalue weighted by molar-refractivity contribution is 5.92. The van der Waals surface area contributed by atoms with Gasteiger partial charge in [-0.25, -0.2) is 4.79 Å². The van der Waals surface area contributed by atoms with Crippen molar-refractivity contribution in [2.45, 2.75) is 13.0 Å². The molecule has 6 heteroatoms. The van der Waals surface area contributed by atoms with E-state index >= 15 is 0 Å². The van der Waals surface area contributed by atoms with Crippen LogP contribution >= 0.6 is 0 Å². The Bertz CT molecular complexity index is 749. The number of carbonyl (C=O) groups excluding carboxylic acids is 1. The number of aliphatic hydroxyl groups is 1. The van der Waals surface area contributed by atoms with Gasteiger partial charge in [-0.3, -0.25) is 4.79 Å². The molecule has 1 heterocycles. The first kappa shape index (κ1) is 14.6. The Hall–Kier alpha value is -2.78. The van der Waals surface area contributed by atoms with Crippen molar-refractivity contribution in [2.75, 3.05) is 6.61 Å². The molecule has 0 spiro atoms. The highest BCUT2D eigenvalue weighted by atomic mass is 16.2. The van der Waals surface area contributed by atoms with Gasteiger partial charge >= 0.3 is 5.69 Å². The van der Waals surface area contributed by atoms with Crippen LogP contribution in [0.1, 0.15) is 34.6 Å². The summed E-state index contributed by atoms with van der Waals surface area (Å²) in [5.74, 6) is 5.02. The summed E-state index contributed by atoms with van der Waals surface area (Å²) in [6.07, 6.45) is 1.33. The van der Waals surface area contributed by atoms with Gasteiger partial charge in [0.25, 0.3) is 5.91 Å². The highest BCUT2D eigenvalue weighted by Crippen LogP contribution is 2.14. The smallest absolute Gasteiger partial charge is 0.323 e. The molecule has 1 atom stereocenters. The van der Waals surface area contributed by atoms with E-state index in [1.807, 2.05) is 31.2 Å². The molecule has 108 valence electrons. The molecule has 0 aliphatic rings. The van der Waals surface area contributed by atoms with Crippen LogP contribution in [-0.2, 0) is 0 Å². The summed E-state index contributed by atoms with van der Waals surface area (Å²) in [6, 6.07) is 7.12. The van der Waals surface area contributed by atoms with Crippen molar-refractivity contribution in [1.29, 1.82) is 0 Å². The molecule has 2 aromatic rings. The minimum absolute atomic E-state index is 0.183. The molecule has 0 fully saturated rings. The van der Waals surface area contributed by atoms with Crippen molar-refractivity contribution in [3.63, 3.8) is 0 Å². The summed E-state index contributed by atoms with van der Waals surface area (Å²) in [7, 11) is 0. The summed E-state index contributed by atoms with van der Waals surface area (Å²) in [5.41, 5.74) is 1.40. The topological polar surface area (TPSA) is 98.0 Å². The molecule has 1 unspecified atom stereocenters. The van der Waals surface area contributed by atoms with Crippen LogP contribution in [0.25, 0.3) is 0 Å². The summed E-state index contributed by atoms with van der Waals surface area (Å²) in [5, 5.41) is 11.5. The molecule has 6 nitrogen and oxygen atoms in total. The number of aromatic amines is 2. The molecule has 0 aliphatic carbocycles. The Kier molecular flexibility index (Phi) is 4.59. The summed E-state index contributed by atoms with van der Waals surface area (Å²) >= 11 is 0. The van der Waals surface area contributed by atoms with Crippen molar-refractivity contribution in [3.05, 3.63) is 57.8 Å². The number of hydrogen-bond acceptors (Lipinski definition) is 3. The van der Waals surface area contributed by atoms with E-state index in [0.29, 0.717) is 0 Å². The lowest BCUT2D eigenvalue weighted by Gasteiger charge is -2.13. The lowest BCUT2D eigenvalue weighted by Crippen LogP contribution is -2.27. The first-order valence-corrected chi connectivity index (χ1v) is 6.38. The maximum Gasteiger partial charge on any atom is 0.323 e. The average Bonchev–Trinajstić information content (AvgIpc) is 2.92. The van der Waals surface area contributed by atoms with E-state index in [-0.39, 0.29) is 24.2 Å². The molecule has 21 heavy (non-hydrogen) atoms. The van der Waals surface area contributed by atoms with E-state index in [4.69, 9.17) is 5.11 Å². The molecule has 1 amide bonds. The Morgan fingerprint density at radius 2 is 2.29 bits per heavy atom. The van der Waals surface area contributed by atoms with Gasteiger partial charge in [0, 0.05) is 11.8 Å². The third-order valence-corrected chi connectivity index (χ3v) is 2.89. The van der Waals surface area contributed by atoms with Gasteiger partial charge in [0.05, 0.1) is 6.04 Å². The number of imidazole rings is 1. The maximum absolute atomic E-state index is 11.9. The number of hydrogen-bond donors (Lipinski definition) is 4. The van der Waals surface area contributed by atoms with Crippen LogP contribution in [-0.4, -0.2) is 27.6 Å².